The Kier molecular flexibility index (Phi) is 5.31. The van der Waals surface area contributed by atoms with Crippen molar-refractivity contribution in [3.8, 4) is 0 Å². The first-order chi connectivity index (χ1) is 12.0. The molecule has 1 aromatic carbocycles. The number of aryl methyl sites for hydroxylation is 1. The van der Waals surface area contributed by atoms with Gasteiger partial charge in [-0.25, -0.2) is 4.98 Å². The number of hydrogen-bond acceptors (Lipinski definition) is 3. The lowest BCUT2D eigenvalue weighted by Gasteiger charge is -2.26. The molecule has 132 valence electrons. The minimum atomic E-state index is -0.00779. The van der Waals surface area contributed by atoms with Gasteiger partial charge in [0.2, 0.25) is 0 Å². The van der Waals surface area contributed by atoms with E-state index in [1.807, 2.05) is 31.2 Å². The molecule has 0 radical (unpaired) electrons. The molecule has 0 aliphatic heterocycles. The van der Waals surface area contributed by atoms with Crippen molar-refractivity contribution >= 4 is 22.5 Å². The highest BCUT2D eigenvalue weighted by atomic mass is 16.1. The Balaban J connectivity index is 1.89. The second-order valence-corrected chi connectivity index (χ2v) is 7.30. The highest BCUT2D eigenvalue weighted by molar-refractivity contribution is 6.02. The molecular weight excluding hydrogens is 310 g/mol. The predicted octanol–water partition coefficient (Wildman–Crippen LogP) is 5.40. The Morgan fingerprint density at radius 1 is 1.08 bits per heavy atom. The van der Waals surface area contributed by atoms with E-state index in [1.165, 1.54) is 19.3 Å². The molecule has 1 aromatic heterocycles. The van der Waals surface area contributed by atoms with Gasteiger partial charge in [0.1, 0.15) is 5.69 Å². The molecule has 0 amide bonds. The van der Waals surface area contributed by atoms with E-state index in [0.717, 1.165) is 47.2 Å². The number of nitrogens with zero attached hydrogens (tertiary/aromatic N) is 1. The zero-order chi connectivity index (χ0) is 18.0. The Hall–Kier alpha value is -2.03. The van der Waals surface area contributed by atoms with Crippen LogP contribution in [0.3, 0.4) is 0 Å². The van der Waals surface area contributed by atoms with Crippen LogP contribution in [0.2, 0.25) is 0 Å². The number of carbonyl (C=O) groups is 2. The average molecular weight is 337 g/mol. The molecule has 3 rings (SSSR count). The van der Waals surface area contributed by atoms with E-state index in [0.29, 0.717) is 5.69 Å². The van der Waals surface area contributed by atoms with Crippen LogP contribution in [0.15, 0.2) is 24.3 Å². The number of hydrogen-bond donors (Lipinski definition) is 0. The van der Waals surface area contributed by atoms with Crippen LogP contribution in [-0.2, 0) is 6.42 Å². The monoisotopic (exact) mass is 337 g/mol. The van der Waals surface area contributed by atoms with E-state index in [2.05, 4.69) is 11.9 Å². The Labute approximate surface area is 149 Å². The van der Waals surface area contributed by atoms with Crippen LogP contribution in [-0.4, -0.2) is 16.6 Å². The fourth-order valence-corrected chi connectivity index (χ4v) is 4.02. The molecule has 0 saturated heterocycles. The third kappa shape index (κ3) is 3.65. The molecule has 1 saturated carbocycles. The number of carbonyl (C=O) groups excluding carboxylic acids is 2. The maximum Gasteiger partial charge on any atom is 0.178 e. The van der Waals surface area contributed by atoms with Gasteiger partial charge in [-0.05, 0) is 67.9 Å². The highest BCUT2D eigenvalue weighted by Crippen LogP contribution is 2.33. The number of rotatable bonds is 5. The molecule has 0 spiro atoms. The van der Waals surface area contributed by atoms with Gasteiger partial charge in [0.25, 0.3) is 0 Å². The molecule has 1 fully saturated rings. The fourth-order valence-electron chi connectivity index (χ4n) is 4.02. The number of benzene rings is 1. The molecule has 0 unspecified atom stereocenters. The van der Waals surface area contributed by atoms with Crippen LogP contribution in [0.5, 0.6) is 0 Å². The van der Waals surface area contributed by atoms with Crippen molar-refractivity contribution in [3.05, 3.63) is 41.1 Å². The zero-order valence-electron chi connectivity index (χ0n) is 15.5. The Morgan fingerprint density at radius 3 is 2.40 bits per heavy atom. The number of pyridine rings is 1. The SMILES string of the molecule is CCc1cc2cc(C(=O)C3CCC(CC)CC3)ccc2nc1C(C)=O. The summed E-state index contributed by atoms with van der Waals surface area (Å²) in [5, 5.41) is 0.954. The van der Waals surface area contributed by atoms with Gasteiger partial charge in [0, 0.05) is 23.8 Å². The van der Waals surface area contributed by atoms with Crippen LogP contribution >= 0.6 is 0 Å². The molecule has 1 aliphatic carbocycles. The van der Waals surface area contributed by atoms with Crippen LogP contribution in [0.1, 0.15) is 79.3 Å². The summed E-state index contributed by atoms with van der Waals surface area (Å²) in [6.45, 7) is 5.82. The summed E-state index contributed by atoms with van der Waals surface area (Å²) in [6.07, 6.45) is 6.35. The average Bonchev–Trinajstić information content (AvgIpc) is 2.65. The number of fused-ring (bicyclic) bond motifs is 1. The lowest BCUT2D eigenvalue weighted by Crippen LogP contribution is -2.21. The van der Waals surface area contributed by atoms with Gasteiger partial charge in [0.05, 0.1) is 5.52 Å². The lowest BCUT2D eigenvalue weighted by molar-refractivity contribution is 0.0870. The van der Waals surface area contributed by atoms with Crippen molar-refractivity contribution in [2.45, 2.75) is 59.3 Å². The number of aromatic nitrogens is 1. The second kappa shape index (κ2) is 7.47. The largest absolute Gasteiger partial charge is 0.294 e. The lowest BCUT2D eigenvalue weighted by atomic mass is 9.77. The first-order valence-corrected chi connectivity index (χ1v) is 9.52. The minimum absolute atomic E-state index is 0.00779. The third-order valence-electron chi connectivity index (χ3n) is 5.69. The molecule has 0 N–H and O–H groups in total. The van der Waals surface area contributed by atoms with Gasteiger partial charge in [-0.2, -0.15) is 0 Å². The van der Waals surface area contributed by atoms with Gasteiger partial charge in [-0.3, -0.25) is 9.59 Å². The van der Waals surface area contributed by atoms with Gasteiger partial charge in [-0.1, -0.05) is 20.3 Å². The van der Waals surface area contributed by atoms with E-state index in [9.17, 15) is 9.59 Å². The molecule has 0 atom stereocenters. The summed E-state index contributed by atoms with van der Waals surface area (Å²) in [5.41, 5.74) is 3.07. The summed E-state index contributed by atoms with van der Waals surface area (Å²) >= 11 is 0. The van der Waals surface area contributed by atoms with Gasteiger partial charge in [-0.15, -0.1) is 0 Å². The minimum Gasteiger partial charge on any atom is -0.294 e. The molecule has 3 heteroatoms. The number of ketones is 2. The van der Waals surface area contributed by atoms with Crippen molar-refractivity contribution in [2.24, 2.45) is 11.8 Å². The first kappa shape index (κ1) is 17.8. The van der Waals surface area contributed by atoms with Gasteiger partial charge < -0.3 is 0 Å². The van der Waals surface area contributed by atoms with E-state index in [-0.39, 0.29) is 17.5 Å². The maximum atomic E-state index is 12.9. The second-order valence-electron chi connectivity index (χ2n) is 7.30. The third-order valence-corrected chi connectivity index (χ3v) is 5.69. The topological polar surface area (TPSA) is 47.0 Å². The number of Topliss-reactive ketones (excluding diaryl/α,β-unsaturated/α-hetero) is 2. The van der Waals surface area contributed by atoms with Gasteiger partial charge in [0.15, 0.2) is 11.6 Å². The Morgan fingerprint density at radius 2 is 1.80 bits per heavy atom. The standard InChI is InChI=1S/C22H27NO2/c1-4-15-6-8-17(9-7-15)22(25)18-10-11-20-19(13-18)12-16(5-2)21(23-20)14(3)24/h10-13,15,17H,4-9H2,1-3H3. The molecule has 2 aromatic rings. The quantitative estimate of drug-likeness (QED) is 0.686. The zero-order valence-corrected chi connectivity index (χ0v) is 15.5. The molecule has 1 aliphatic rings. The molecule has 25 heavy (non-hydrogen) atoms. The van der Waals surface area contributed by atoms with Crippen LogP contribution < -0.4 is 0 Å². The smallest absolute Gasteiger partial charge is 0.178 e. The van der Waals surface area contributed by atoms with E-state index in [4.69, 9.17) is 0 Å². The van der Waals surface area contributed by atoms with Crippen LogP contribution in [0, 0.1) is 11.8 Å². The first-order valence-electron chi connectivity index (χ1n) is 9.52. The van der Waals surface area contributed by atoms with Gasteiger partial charge >= 0.3 is 0 Å². The Bertz CT molecular complexity index is 801. The highest BCUT2D eigenvalue weighted by Gasteiger charge is 2.26. The van der Waals surface area contributed by atoms with Crippen molar-refractivity contribution in [1.29, 1.82) is 0 Å². The van der Waals surface area contributed by atoms with Crippen molar-refractivity contribution in [2.75, 3.05) is 0 Å². The van der Waals surface area contributed by atoms with Crippen LogP contribution in [0.4, 0.5) is 0 Å². The molecule has 3 nitrogen and oxygen atoms in total. The normalized spacial score (nSPS) is 20.6. The molecule has 0 bridgehead atoms. The molecule has 1 heterocycles. The van der Waals surface area contributed by atoms with E-state index < -0.39 is 0 Å². The van der Waals surface area contributed by atoms with Crippen molar-refractivity contribution in [1.82, 2.24) is 4.98 Å². The fraction of sp³-hybridized carbons (Fsp3) is 0.500. The summed E-state index contributed by atoms with van der Waals surface area (Å²) in [6, 6.07) is 7.73. The summed E-state index contributed by atoms with van der Waals surface area (Å²) in [7, 11) is 0. The summed E-state index contributed by atoms with van der Waals surface area (Å²) in [4.78, 5) is 29.2. The van der Waals surface area contributed by atoms with Crippen LogP contribution in [0.25, 0.3) is 10.9 Å². The van der Waals surface area contributed by atoms with E-state index >= 15 is 0 Å². The summed E-state index contributed by atoms with van der Waals surface area (Å²) in [5.74, 6) is 1.22. The predicted molar refractivity (Wildman–Crippen MR) is 101 cm³/mol. The maximum absolute atomic E-state index is 12.9. The van der Waals surface area contributed by atoms with E-state index in [1.54, 1.807) is 6.92 Å². The summed E-state index contributed by atoms with van der Waals surface area (Å²) < 4.78 is 0. The van der Waals surface area contributed by atoms with Crippen molar-refractivity contribution in [3.63, 3.8) is 0 Å². The molecular formula is C22H27NO2. The van der Waals surface area contributed by atoms with Crippen molar-refractivity contribution < 1.29 is 9.59 Å².